The average Bonchev–Trinajstić information content (AvgIpc) is 2.70. The van der Waals surface area contributed by atoms with Crippen molar-refractivity contribution < 1.29 is 19.5 Å². The van der Waals surface area contributed by atoms with E-state index in [9.17, 15) is 9.90 Å². The Morgan fingerprint density at radius 2 is 1.85 bits per heavy atom. The first kappa shape index (κ1) is 19.0. The van der Waals surface area contributed by atoms with Gasteiger partial charge in [-0.05, 0) is 50.2 Å². The van der Waals surface area contributed by atoms with E-state index in [1.54, 1.807) is 12.1 Å². The van der Waals surface area contributed by atoms with Crippen molar-refractivity contribution in [3.05, 3.63) is 48.5 Å². The summed E-state index contributed by atoms with van der Waals surface area (Å²) in [4.78, 5) is 16.3. The maximum Gasteiger partial charge on any atom is 0.282 e. The van der Waals surface area contributed by atoms with E-state index in [1.807, 2.05) is 50.2 Å². The lowest BCUT2D eigenvalue weighted by Gasteiger charge is -2.36. The molecule has 0 spiro atoms. The number of nitrogens with one attached hydrogen (secondary N) is 2. The van der Waals surface area contributed by atoms with Crippen LogP contribution in [0.1, 0.15) is 13.8 Å². The Hall–Kier alpha value is -2.73. The number of rotatable bonds is 6. The normalized spacial score (nSPS) is 16.0. The Morgan fingerprint density at radius 1 is 1.19 bits per heavy atom. The first-order chi connectivity index (χ1) is 13.1. The third kappa shape index (κ3) is 4.71. The molecule has 2 aromatic rings. The standard InChI is InChI=1S/C21H27N3O3/c1-3-27-20-7-5-4-6-19(20)22-21(26)16(2)23-12-14-24(15-13-23)17-8-10-18(25)11-9-17/h4-11,16,25H,3,12-15H2,1-2H3,(H,22,26)/p+1/t16-/m1/s1. The van der Waals surface area contributed by atoms with Crippen LogP contribution in [0.15, 0.2) is 48.5 Å². The molecule has 6 heteroatoms. The molecule has 1 atom stereocenters. The molecule has 6 nitrogen and oxygen atoms in total. The van der Waals surface area contributed by atoms with E-state index in [2.05, 4.69) is 10.2 Å². The molecule has 0 aliphatic carbocycles. The lowest BCUT2D eigenvalue weighted by molar-refractivity contribution is -0.914. The summed E-state index contributed by atoms with van der Waals surface area (Å²) in [6.07, 6.45) is 0. The molecule has 1 heterocycles. The zero-order valence-corrected chi connectivity index (χ0v) is 15.9. The van der Waals surface area contributed by atoms with Gasteiger partial charge in [0.05, 0.1) is 38.5 Å². The number of carbonyl (C=O) groups is 1. The molecule has 1 saturated heterocycles. The van der Waals surface area contributed by atoms with Gasteiger partial charge in [-0.2, -0.15) is 0 Å². The van der Waals surface area contributed by atoms with E-state index in [0.29, 0.717) is 12.4 Å². The fraction of sp³-hybridized carbons (Fsp3) is 0.381. The number of nitrogens with zero attached hydrogens (tertiary/aromatic N) is 1. The van der Waals surface area contributed by atoms with Gasteiger partial charge in [-0.15, -0.1) is 0 Å². The summed E-state index contributed by atoms with van der Waals surface area (Å²) >= 11 is 0. The summed E-state index contributed by atoms with van der Waals surface area (Å²) in [6, 6.07) is 14.7. The van der Waals surface area contributed by atoms with Gasteiger partial charge in [0.15, 0.2) is 6.04 Å². The predicted octanol–water partition coefficient (Wildman–Crippen LogP) is 1.52. The van der Waals surface area contributed by atoms with Crippen molar-refractivity contribution in [1.29, 1.82) is 0 Å². The Kier molecular flexibility index (Phi) is 6.19. The molecule has 1 fully saturated rings. The molecule has 0 saturated carbocycles. The quantitative estimate of drug-likeness (QED) is 0.721. The number of hydrogen-bond donors (Lipinski definition) is 3. The van der Waals surface area contributed by atoms with E-state index in [0.717, 1.165) is 37.6 Å². The van der Waals surface area contributed by atoms with Crippen LogP contribution in [0.2, 0.25) is 0 Å². The number of piperazine rings is 1. The Labute approximate surface area is 160 Å². The van der Waals surface area contributed by atoms with E-state index in [4.69, 9.17) is 4.74 Å². The van der Waals surface area contributed by atoms with Gasteiger partial charge in [0.25, 0.3) is 5.91 Å². The van der Waals surface area contributed by atoms with E-state index in [-0.39, 0.29) is 17.7 Å². The van der Waals surface area contributed by atoms with Crippen LogP contribution >= 0.6 is 0 Å². The van der Waals surface area contributed by atoms with Crippen LogP contribution < -0.4 is 19.9 Å². The number of ether oxygens (including phenoxy) is 1. The summed E-state index contributed by atoms with van der Waals surface area (Å²) in [5.41, 5.74) is 1.83. The molecule has 144 valence electrons. The maximum atomic E-state index is 12.7. The highest BCUT2D eigenvalue weighted by molar-refractivity contribution is 5.94. The highest BCUT2D eigenvalue weighted by Gasteiger charge is 2.29. The van der Waals surface area contributed by atoms with Crippen LogP contribution in [0.4, 0.5) is 11.4 Å². The molecule has 0 radical (unpaired) electrons. The largest absolute Gasteiger partial charge is 0.508 e. The lowest BCUT2D eigenvalue weighted by atomic mass is 10.2. The predicted molar refractivity (Wildman–Crippen MR) is 107 cm³/mol. The number of hydrogen-bond acceptors (Lipinski definition) is 4. The van der Waals surface area contributed by atoms with E-state index in [1.165, 1.54) is 4.90 Å². The van der Waals surface area contributed by atoms with Crippen LogP contribution in [-0.2, 0) is 4.79 Å². The highest BCUT2D eigenvalue weighted by atomic mass is 16.5. The van der Waals surface area contributed by atoms with Crippen molar-refractivity contribution in [2.24, 2.45) is 0 Å². The topological polar surface area (TPSA) is 66.2 Å². The minimum absolute atomic E-state index is 0.00948. The number of phenols is 1. The van der Waals surface area contributed by atoms with Gasteiger partial charge in [-0.1, -0.05) is 12.1 Å². The lowest BCUT2D eigenvalue weighted by Crippen LogP contribution is -3.19. The van der Waals surface area contributed by atoms with Crippen molar-refractivity contribution in [2.45, 2.75) is 19.9 Å². The second-order valence-electron chi connectivity index (χ2n) is 6.80. The number of carbonyl (C=O) groups excluding carboxylic acids is 1. The van der Waals surface area contributed by atoms with Crippen molar-refractivity contribution in [2.75, 3.05) is 43.0 Å². The van der Waals surface area contributed by atoms with Crippen LogP contribution in [0.25, 0.3) is 0 Å². The number of phenolic OH excluding ortho intramolecular Hbond substituents is 1. The van der Waals surface area contributed by atoms with Crippen molar-refractivity contribution in [3.63, 3.8) is 0 Å². The SMILES string of the molecule is CCOc1ccccc1NC(=O)[C@@H](C)[NH+]1CCN(c2ccc(O)cc2)CC1. The molecule has 3 rings (SSSR count). The van der Waals surface area contributed by atoms with Gasteiger partial charge in [0.1, 0.15) is 11.5 Å². The number of anilines is 2. The molecular formula is C21H28N3O3+. The van der Waals surface area contributed by atoms with Crippen LogP contribution in [0.3, 0.4) is 0 Å². The molecular weight excluding hydrogens is 342 g/mol. The summed E-state index contributed by atoms with van der Waals surface area (Å²) in [6.45, 7) is 8.02. The van der Waals surface area contributed by atoms with Crippen LogP contribution in [0, 0.1) is 0 Å². The van der Waals surface area contributed by atoms with Gasteiger partial charge >= 0.3 is 0 Å². The number of amides is 1. The van der Waals surface area contributed by atoms with Crippen LogP contribution in [-0.4, -0.2) is 49.8 Å². The summed E-state index contributed by atoms with van der Waals surface area (Å²) in [5.74, 6) is 0.989. The fourth-order valence-electron chi connectivity index (χ4n) is 3.43. The first-order valence-electron chi connectivity index (χ1n) is 9.49. The molecule has 0 unspecified atom stereocenters. The van der Waals surface area contributed by atoms with E-state index >= 15 is 0 Å². The third-order valence-electron chi connectivity index (χ3n) is 5.07. The average molecular weight is 370 g/mol. The molecule has 27 heavy (non-hydrogen) atoms. The first-order valence-corrected chi connectivity index (χ1v) is 9.49. The molecule has 1 aliphatic heterocycles. The molecule has 1 aliphatic rings. The molecule has 1 amide bonds. The van der Waals surface area contributed by atoms with Gasteiger partial charge in [-0.3, -0.25) is 4.79 Å². The Morgan fingerprint density at radius 3 is 2.52 bits per heavy atom. The second kappa shape index (κ2) is 8.77. The summed E-state index contributed by atoms with van der Waals surface area (Å²) < 4.78 is 5.59. The number of aromatic hydroxyl groups is 1. The number of quaternary nitrogens is 1. The van der Waals surface area contributed by atoms with Crippen molar-refractivity contribution >= 4 is 17.3 Å². The smallest absolute Gasteiger partial charge is 0.282 e. The van der Waals surface area contributed by atoms with Gasteiger partial charge in [-0.25, -0.2) is 0 Å². The Bertz CT molecular complexity index is 756. The zero-order chi connectivity index (χ0) is 19.2. The third-order valence-corrected chi connectivity index (χ3v) is 5.07. The fourth-order valence-corrected chi connectivity index (χ4v) is 3.43. The maximum absolute atomic E-state index is 12.7. The second-order valence-corrected chi connectivity index (χ2v) is 6.80. The molecule has 2 aromatic carbocycles. The number of para-hydroxylation sites is 2. The molecule has 0 aromatic heterocycles. The Balaban J connectivity index is 1.56. The summed E-state index contributed by atoms with van der Waals surface area (Å²) in [7, 11) is 0. The van der Waals surface area contributed by atoms with Crippen LogP contribution in [0.5, 0.6) is 11.5 Å². The molecule has 3 N–H and O–H groups in total. The highest BCUT2D eigenvalue weighted by Crippen LogP contribution is 2.23. The van der Waals surface area contributed by atoms with Gasteiger partial charge in [0, 0.05) is 5.69 Å². The monoisotopic (exact) mass is 370 g/mol. The molecule has 0 bridgehead atoms. The minimum Gasteiger partial charge on any atom is -0.508 e. The summed E-state index contributed by atoms with van der Waals surface area (Å²) in [5, 5.41) is 12.4. The zero-order valence-electron chi connectivity index (χ0n) is 15.9. The number of benzene rings is 2. The van der Waals surface area contributed by atoms with Crippen molar-refractivity contribution in [1.82, 2.24) is 0 Å². The minimum atomic E-state index is -0.137. The van der Waals surface area contributed by atoms with E-state index < -0.39 is 0 Å². The van der Waals surface area contributed by atoms with Gasteiger partial charge in [0.2, 0.25) is 0 Å². The van der Waals surface area contributed by atoms with Crippen molar-refractivity contribution in [3.8, 4) is 11.5 Å². The van der Waals surface area contributed by atoms with Gasteiger partial charge < -0.3 is 25.0 Å².